The second kappa shape index (κ2) is 2.19. The zero-order chi connectivity index (χ0) is 6.91. The number of nitrogens with one attached hydrogen (secondary N) is 1. The summed E-state index contributed by atoms with van der Waals surface area (Å²) in [5.74, 6) is 0. The third kappa shape index (κ3) is 1.87. The van der Waals surface area contributed by atoms with Gasteiger partial charge >= 0.3 is 6.11 Å². The van der Waals surface area contributed by atoms with Crippen molar-refractivity contribution in [1.29, 1.82) is 0 Å². The Labute approximate surface area is 52.2 Å². The fourth-order valence-corrected chi connectivity index (χ4v) is 0.650. The van der Waals surface area contributed by atoms with E-state index in [2.05, 4.69) is 10.1 Å². The number of alkyl halides is 2. The van der Waals surface area contributed by atoms with Gasteiger partial charge in [-0.1, -0.05) is 0 Å². The van der Waals surface area contributed by atoms with E-state index in [0.29, 0.717) is 0 Å². The lowest BCUT2D eigenvalue weighted by Crippen LogP contribution is -2.48. The molecule has 9 heavy (non-hydrogen) atoms. The van der Waals surface area contributed by atoms with Crippen molar-refractivity contribution < 1.29 is 13.5 Å². The first-order valence-corrected chi connectivity index (χ1v) is 2.85. The Kier molecular flexibility index (Phi) is 1.68. The highest BCUT2D eigenvalue weighted by atomic mass is 19.3. The van der Waals surface area contributed by atoms with Gasteiger partial charge in [-0.2, -0.15) is 8.78 Å². The van der Waals surface area contributed by atoms with Crippen molar-refractivity contribution in [3.8, 4) is 0 Å². The van der Waals surface area contributed by atoms with Gasteiger partial charge in [0, 0.05) is 6.04 Å². The highest BCUT2D eigenvalue weighted by molar-refractivity contribution is 4.70. The van der Waals surface area contributed by atoms with Crippen molar-refractivity contribution in [3.05, 3.63) is 0 Å². The van der Waals surface area contributed by atoms with E-state index >= 15 is 0 Å². The molecule has 0 radical (unpaired) electrons. The van der Waals surface area contributed by atoms with Crippen LogP contribution in [-0.4, -0.2) is 25.3 Å². The van der Waals surface area contributed by atoms with Crippen molar-refractivity contribution in [3.63, 3.8) is 0 Å². The van der Waals surface area contributed by atoms with E-state index in [0.717, 1.165) is 0 Å². The fraction of sp³-hybridized carbons (Fsp3) is 1.00. The van der Waals surface area contributed by atoms with Crippen molar-refractivity contribution >= 4 is 0 Å². The molecule has 1 heterocycles. The third-order valence-electron chi connectivity index (χ3n) is 1.20. The van der Waals surface area contributed by atoms with E-state index in [4.69, 9.17) is 0 Å². The van der Waals surface area contributed by atoms with Crippen LogP contribution in [0.2, 0.25) is 0 Å². The molecular weight excluding hydrogens is 128 g/mol. The van der Waals surface area contributed by atoms with E-state index in [1.54, 1.807) is 6.92 Å². The maximum absolute atomic E-state index is 12.1. The number of hydrogen-bond donors (Lipinski definition) is 1. The molecule has 1 unspecified atom stereocenters. The standard InChI is InChI=1S/C5H9F2NO/c1-4-2-9-5(6,7)3-8-4/h4,8H,2-3H2,1H3. The average molecular weight is 137 g/mol. The van der Waals surface area contributed by atoms with Crippen LogP contribution in [0.15, 0.2) is 0 Å². The largest absolute Gasteiger partial charge is 0.368 e. The van der Waals surface area contributed by atoms with Gasteiger partial charge in [0.05, 0.1) is 13.2 Å². The molecule has 0 aliphatic carbocycles. The molecule has 1 aliphatic heterocycles. The summed E-state index contributed by atoms with van der Waals surface area (Å²) in [6.45, 7) is 1.52. The molecule has 0 spiro atoms. The number of halogens is 2. The first-order valence-electron chi connectivity index (χ1n) is 2.85. The maximum Gasteiger partial charge on any atom is 0.368 e. The second-order valence-corrected chi connectivity index (χ2v) is 2.23. The molecule has 54 valence electrons. The first-order chi connectivity index (χ1) is 4.10. The molecule has 0 saturated carbocycles. The lowest BCUT2D eigenvalue weighted by atomic mass is 10.3. The van der Waals surface area contributed by atoms with Crippen molar-refractivity contribution in [2.45, 2.75) is 19.1 Å². The van der Waals surface area contributed by atoms with Crippen LogP contribution < -0.4 is 5.32 Å². The summed E-state index contributed by atoms with van der Waals surface area (Å²) >= 11 is 0. The van der Waals surface area contributed by atoms with E-state index in [-0.39, 0.29) is 19.2 Å². The minimum atomic E-state index is -2.95. The van der Waals surface area contributed by atoms with Crippen LogP contribution >= 0.6 is 0 Å². The summed E-state index contributed by atoms with van der Waals surface area (Å²) in [5, 5.41) is 2.60. The zero-order valence-electron chi connectivity index (χ0n) is 5.16. The molecule has 1 fully saturated rings. The summed E-state index contributed by atoms with van der Waals surface area (Å²) in [6.07, 6.45) is -2.95. The van der Waals surface area contributed by atoms with E-state index in [1.807, 2.05) is 0 Å². The van der Waals surface area contributed by atoms with Crippen molar-refractivity contribution in [2.75, 3.05) is 13.2 Å². The molecule has 0 amide bonds. The van der Waals surface area contributed by atoms with Crippen LogP contribution in [-0.2, 0) is 4.74 Å². The van der Waals surface area contributed by atoms with E-state index in [9.17, 15) is 8.78 Å². The molecule has 0 bridgehead atoms. The van der Waals surface area contributed by atoms with Gasteiger partial charge in [0.1, 0.15) is 0 Å². The monoisotopic (exact) mass is 137 g/mol. The van der Waals surface area contributed by atoms with Crippen LogP contribution in [0.5, 0.6) is 0 Å². The summed E-state index contributed by atoms with van der Waals surface area (Å²) in [6, 6.07) is 0.0459. The number of rotatable bonds is 0. The Balaban J connectivity index is 2.35. The molecule has 2 nitrogen and oxygen atoms in total. The van der Waals surface area contributed by atoms with Gasteiger partial charge in [-0.15, -0.1) is 0 Å². The van der Waals surface area contributed by atoms with E-state index < -0.39 is 6.11 Å². The summed E-state index contributed by atoms with van der Waals surface area (Å²) in [7, 11) is 0. The quantitative estimate of drug-likeness (QED) is 0.527. The predicted molar refractivity (Wildman–Crippen MR) is 28.4 cm³/mol. The molecule has 1 atom stereocenters. The smallest absolute Gasteiger partial charge is 0.318 e. The molecule has 1 rings (SSSR count). The topological polar surface area (TPSA) is 21.3 Å². The number of morpholine rings is 1. The summed E-state index contributed by atoms with van der Waals surface area (Å²) < 4.78 is 28.4. The highest BCUT2D eigenvalue weighted by Crippen LogP contribution is 2.17. The van der Waals surface area contributed by atoms with Crippen molar-refractivity contribution in [1.82, 2.24) is 5.32 Å². The molecular formula is C5H9F2NO. The minimum Gasteiger partial charge on any atom is -0.318 e. The van der Waals surface area contributed by atoms with Crippen LogP contribution in [0.3, 0.4) is 0 Å². The van der Waals surface area contributed by atoms with Gasteiger partial charge in [-0.3, -0.25) is 0 Å². The third-order valence-corrected chi connectivity index (χ3v) is 1.20. The molecule has 0 aromatic rings. The van der Waals surface area contributed by atoms with Gasteiger partial charge in [0.25, 0.3) is 0 Å². The molecule has 0 aromatic carbocycles. The maximum atomic E-state index is 12.1. The van der Waals surface area contributed by atoms with Gasteiger partial charge < -0.3 is 10.1 Å². The lowest BCUT2D eigenvalue weighted by Gasteiger charge is -2.27. The average Bonchev–Trinajstić information content (AvgIpc) is 1.78. The minimum absolute atomic E-state index is 0.0459. The Bertz CT molecular complexity index is 97.1. The Hall–Kier alpha value is -0.220. The normalized spacial score (nSPS) is 34.3. The zero-order valence-corrected chi connectivity index (χ0v) is 5.16. The second-order valence-electron chi connectivity index (χ2n) is 2.23. The lowest BCUT2D eigenvalue weighted by molar-refractivity contribution is -0.253. The van der Waals surface area contributed by atoms with Gasteiger partial charge in [0.2, 0.25) is 0 Å². The predicted octanol–water partition coefficient (Wildman–Crippen LogP) is 0.587. The van der Waals surface area contributed by atoms with E-state index in [1.165, 1.54) is 0 Å². The van der Waals surface area contributed by atoms with Crippen LogP contribution in [0, 0.1) is 0 Å². The van der Waals surface area contributed by atoms with Gasteiger partial charge in [-0.05, 0) is 6.92 Å². The Morgan fingerprint density at radius 1 is 1.67 bits per heavy atom. The van der Waals surface area contributed by atoms with Crippen LogP contribution in [0.4, 0.5) is 8.78 Å². The Morgan fingerprint density at radius 2 is 2.33 bits per heavy atom. The van der Waals surface area contributed by atoms with Gasteiger partial charge in [-0.25, -0.2) is 0 Å². The molecule has 1 saturated heterocycles. The van der Waals surface area contributed by atoms with Gasteiger partial charge in [0.15, 0.2) is 0 Å². The highest BCUT2D eigenvalue weighted by Gasteiger charge is 2.34. The number of hydrogen-bond acceptors (Lipinski definition) is 2. The summed E-state index contributed by atoms with van der Waals surface area (Å²) in [4.78, 5) is 0. The molecule has 1 N–H and O–H groups in total. The van der Waals surface area contributed by atoms with Crippen molar-refractivity contribution in [2.24, 2.45) is 0 Å². The first kappa shape index (κ1) is 6.89. The molecule has 1 aliphatic rings. The summed E-state index contributed by atoms with van der Waals surface area (Å²) in [5.41, 5.74) is 0. The molecule has 0 aromatic heterocycles. The van der Waals surface area contributed by atoms with Crippen LogP contribution in [0.25, 0.3) is 0 Å². The SMILES string of the molecule is CC1COC(F)(F)CN1. The fourth-order valence-electron chi connectivity index (χ4n) is 0.650. The van der Waals surface area contributed by atoms with Crippen LogP contribution in [0.1, 0.15) is 6.92 Å². The molecule has 4 heteroatoms. The Morgan fingerprint density at radius 3 is 2.67 bits per heavy atom. The number of ether oxygens (including phenoxy) is 1.